The summed E-state index contributed by atoms with van der Waals surface area (Å²) in [6.45, 7) is 4.60. The summed E-state index contributed by atoms with van der Waals surface area (Å²) in [5.74, 6) is 1.95. The molecule has 10 rings (SSSR count). The van der Waals surface area contributed by atoms with E-state index in [4.69, 9.17) is 19.4 Å². The number of hydrogen-bond donors (Lipinski definition) is 0. The van der Waals surface area contributed by atoms with Crippen LogP contribution in [0.2, 0.25) is 0 Å². The molecule has 0 unspecified atom stereocenters. The lowest BCUT2D eigenvalue weighted by atomic mass is 9.82. The van der Waals surface area contributed by atoms with E-state index in [1.165, 1.54) is 22.3 Å². The summed E-state index contributed by atoms with van der Waals surface area (Å²) in [5.41, 5.74) is 11.9. The van der Waals surface area contributed by atoms with Gasteiger partial charge in [0.15, 0.2) is 17.5 Å². The molecule has 0 amide bonds. The third-order valence-corrected chi connectivity index (χ3v) is 10.3. The lowest BCUT2D eigenvalue weighted by molar-refractivity contribution is 0.660. The first-order valence-corrected chi connectivity index (χ1v) is 17.0. The number of rotatable bonds is 4. The van der Waals surface area contributed by atoms with E-state index in [2.05, 4.69) is 135 Å². The molecule has 2 heterocycles. The second kappa shape index (κ2) is 10.8. The minimum absolute atomic E-state index is 0.123. The number of aromatic nitrogens is 3. The summed E-state index contributed by atoms with van der Waals surface area (Å²) in [5, 5.41) is 4.50. The Bertz CT molecular complexity index is 2790. The van der Waals surface area contributed by atoms with Gasteiger partial charge in [-0.3, -0.25) is 0 Å². The molecule has 50 heavy (non-hydrogen) atoms. The number of furan rings is 1. The van der Waals surface area contributed by atoms with Crippen LogP contribution >= 0.6 is 0 Å². The number of nitrogens with zero attached hydrogens (tertiary/aromatic N) is 3. The Labute approximate surface area is 289 Å². The summed E-state index contributed by atoms with van der Waals surface area (Å²) in [6.07, 6.45) is 0. The second-order valence-corrected chi connectivity index (χ2v) is 13.7. The van der Waals surface area contributed by atoms with Gasteiger partial charge in [0.2, 0.25) is 0 Å². The van der Waals surface area contributed by atoms with Crippen molar-refractivity contribution >= 4 is 32.7 Å². The van der Waals surface area contributed by atoms with Crippen molar-refractivity contribution in [3.63, 3.8) is 0 Å². The number of fused-ring (bicyclic) bond motifs is 8. The van der Waals surface area contributed by atoms with Gasteiger partial charge in [-0.1, -0.05) is 135 Å². The molecular formula is C46H31N3O. The van der Waals surface area contributed by atoms with Crippen LogP contribution in [0, 0.1) is 0 Å². The van der Waals surface area contributed by atoms with Crippen LogP contribution in [0.5, 0.6) is 0 Å². The molecule has 0 atom stereocenters. The van der Waals surface area contributed by atoms with E-state index < -0.39 is 0 Å². The minimum atomic E-state index is -0.123. The molecule has 1 aliphatic rings. The third-order valence-electron chi connectivity index (χ3n) is 10.3. The number of hydrogen-bond acceptors (Lipinski definition) is 4. The van der Waals surface area contributed by atoms with Crippen molar-refractivity contribution in [3.8, 4) is 56.4 Å². The Hall–Kier alpha value is -6.39. The fourth-order valence-corrected chi connectivity index (χ4v) is 7.71. The Morgan fingerprint density at radius 3 is 1.90 bits per heavy atom. The van der Waals surface area contributed by atoms with Crippen molar-refractivity contribution in [1.29, 1.82) is 0 Å². The Kier molecular flexibility index (Phi) is 6.19. The summed E-state index contributed by atoms with van der Waals surface area (Å²) in [7, 11) is 0. The molecule has 4 heteroatoms. The first-order valence-electron chi connectivity index (χ1n) is 17.0. The molecule has 4 nitrogen and oxygen atoms in total. The van der Waals surface area contributed by atoms with E-state index in [9.17, 15) is 0 Å². The minimum Gasteiger partial charge on any atom is -0.455 e. The summed E-state index contributed by atoms with van der Waals surface area (Å²) in [6, 6.07) is 53.1. The largest absolute Gasteiger partial charge is 0.455 e. The van der Waals surface area contributed by atoms with Crippen molar-refractivity contribution in [2.75, 3.05) is 0 Å². The molecule has 2 aromatic heterocycles. The van der Waals surface area contributed by atoms with E-state index in [1.807, 2.05) is 30.3 Å². The molecule has 236 valence electrons. The van der Waals surface area contributed by atoms with Gasteiger partial charge in [-0.2, -0.15) is 0 Å². The van der Waals surface area contributed by atoms with Crippen LogP contribution < -0.4 is 0 Å². The maximum Gasteiger partial charge on any atom is 0.164 e. The average Bonchev–Trinajstić information content (AvgIpc) is 3.67. The zero-order valence-corrected chi connectivity index (χ0v) is 27.7. The first-order chi connectivity index (χ1) is 24.5. The Balaban J connectivity index is 1.11. The van der Waals surface area contributed by atoms with E-state index in [1.54, 1.807) is 0 Å². The van der Waals surface area contributed by atoms with Crippen LogP contribution in [0.3, 0.4) is 0 Å². The van der Waals surface area contributed by atoms with E-state index in [0.717, 1.165) is 60.5 Å². The van der Waals surface area contributed by atoms with Gasteiger partial charge in [-0.25, -0.2) is 15.0 Å². The highest BCUT2D eigenvalue weighted by Gasteiger charge is 2.35. The molecule has 7 aromatic carbocycles. The molecular weight excluding hydrogens is 611 g/mol. The van der Waals surface area contributed by atoms with Gasteiger partial charge in [0, 0.05) is 38.3 Å². The normalized spacial score (nSPS) is 13.2. The maximum absolute atomic E-state index is 6.39. The SMILES string of the molecule is CC1(C)c2ccccc2-c2ccc(-c3nc(-c4ccccc4)nc(-c4cccc(-c5ccc6ccc7c8ccccc8oc7c6c5)c4)n3)cc21. The first kappa shape index (κ1) is 28.6. The van der Waals surface area contributed by atoms with Crippen molar-refractivity contribution in [1.82, 2.24) is 15.0 Å². The molecule has 0 spiro atoms. The molecule has 0 saturated carbocycles. The number of benzene rings is 7. The predicted molar refractivity (Wildman–Crippen MR) is 204 cm³/mol. The highest BCUT2D eigenvalue weighted by atomic mass is 16.3. The van der Waals surface area contributed by atoms with E-state index in [0.29, 0.717) is 17.5 Å². The molecule has 0 saturated heterocycles. The van der Waals surface area contributed by atoms with Gasteiger partial charge >= 0.3 is 0 Å². The van der Waals surface area contributed by atoms with Gasteiger partial charge in [0.1, 0.15) is 11.2 Å². The summed E-state index contributed by atoms with van der Waals surface area (Å²) in [4.78, 5) is 15.2. The van der Waals surface area contributed by atoms with E-state index in [-0.39, 0.29) is 5.41 Å². The van der Waals surface area contributed by atoms with Crippen molar-refractivity contribution in [2.24, 2.45) is 0 Å². The quantitative estimate of drug-likeness (QED) is 0.192. The van der Waals surface area contributed by atoms with Crippen LogP contribution in [0.25, 0.3) is 89.1 Å². The fraction of sp³-hybridized carbons (Fsp3) is 0.0652. The molecule has 0 N–H and O–H groups in total. The maximum atomic E-state index is 6.39. The predicted octanol–water partition coefficient (Wildman–Crippen LogP) is 11.9. The Morgan fingerprint density at radius 2 is 1.04 bits per heavy atom. The highest BCUT2D eigenvalue weighted by molar-refractivity contribution is 6.15. The van der Waals surface area contributed by atoms with Gasteiger partial charge in [-0.15, -0.1) is 0 Å². The second-order valence-electron chi connectivity index (χ2n) is 13.7. The summed E-state index contributed by atoms with van der Waals surface area (Å²) < 4.78 is 6.39. The van der Waals surface area contributed by atoms with Crippen LogP contribution in [0.4, 0.5) is 0 Å². The van der Waals surface area contributed by atoms with Crippen LogP contribution in [-0.4, -0.2) is 15.0 Å². The zero-order chi connectivity index (χ0) is 33.4. The van der Waals surface area contributed by atoms with Crippen molar-refractivity contribution < 1.29 is 4.42 Å². The molecule has 0 aliphatic heterocycles. The van der Waals surface area contributed by atoms with Gasteiger partial charge in [-0.05, 0) is 69.1 Å². The third kappa shape index (κ3) is 4.42. The van der Waals surface area contributed by atoms with Crippen molar-refractivity contribution in [2.45, 2.75) is 19.3 Å². The van der Waals surface area contributed by atoms with Gasteiger partial charge in [0.05, 0.1) is 0 Å². The Morgan fingerprint density at radius 1 is 0.420 bits per heavy atom. The van der Waals surface area contributed by atoms with Gasteiger partial charge in [0.25, 0.3) is 0 Å². The number of para-hydroxylation sites is 1. The lowest BCUT2D eigenvalue weighted by Crippen LogP contribution is -2.15. The fourth-order valence-electron chi connectivity index (χ4n) is 7.71. The topological polar surface area (TPSA) is 51.8 Å². The van der Waals surface area contributed by atoms with Crippen LogP contribution in [0.15, 0.2) is 156 Å². The smallest absolute Gasteiger partial charge is 0.164 e. The van der Waals surface area contributed by atoms with Crippen LogP contribution in [0.1, 0.15) is 25.0 Å². The van der Waals surface area contributed by atoms with Crippen molar-refractivity contribution in [3.05, 3.63) is 163 Å². The molecule has 0 bridgehead atoms. The highest BCUT2D eigenvalue weighted by Crippen LogP contribution is 2.49. The zero-order valence-electron chi connectivity index (χ0n) is 27.7. The summed E-state index contributed by atoms with van der Waals surface area (Å²) >= 11 is 0. The molecule has 9 aromatic rings. The molecule has 1 aliphatic carbocycles. The average molecular weight is 642 g/mol. The van der Waals surface area contributed by atoms with Gasteiger partial charge < -0.3 is 4.42 Å². The monoisotopic (exact) mass is 641 g/mol. The lowest BCUT2D eigenvalue weighted by Gasteiger charge is -2.21. The standard InChI is InChI=1S/C46H31N3O/c1-46(2)39-17-8-6-15-34(39)35-23-22-33(27-40(35)46)45-48-43(29-11-4-3-5-12-29)47-44(49-45)32-14-10-13-30(25-32)31-20-19-28-21-24-37-36-16-7-9-18-41(36)50-42(37)38(28)26-31/h3-27H,1-2H3. The van der Waals surface area contributed by atoms with E-state index >= 15 is 0 Å². The molecule has 0 radical (unpaired) electrons. The molecule has 0 fully saturated rings. The van der Waals surface area contributed by atoms with Crippen LogP contribution in [-0.2, 0) is 5.41 Å².